The largest absolute Gasteiger partial charge is 0.445 e. The van der Waals surface area contributed by atoms with E-state index in [-0.39, 0.29) is 16.7 Å². The van der Waals surface area contributed by atoms with Gasteiger partial charge in [-0.15, -0.1) is 0 Å². The van der Waals surface area contributed by atoms with Gasteiger partial charge in [0.25, 0.3) is 0 Å². The van der Waals surface area contributed by atoms with Crippen LogP contribution in [-0.4, -0.2) is 14.7 Å². The van der Waals surface area contributed by atoms with Crippen molar-refractivity contribution in [1.29, 1.82) is 0 Å². The summed E-state index contributed by atoms with van der Waals surface area (Å²) in [6.45, 7) is 0. The molecule has 6 heteroatoms. The van der Waals surface area contributed by atoms with Crippen LogP contribution < -0.4 is 16.8 Å². The molecule has 5 nitrogen and oxygen atoms in total. The number of rotatable bonds is 1. The quantitative estimate of drug-likeness (QED) is 0.293. The van der Waals surface area contributed by atoms with Gasteiger partial charge in [0.2, 0.25) is 5.30 Å². The van der Waals surface area contributed by atoms with Gasteiger partial charge in [-0.25, -0.2) is 0 Å². The number of benzene rings is 1. The molecule has 66 valence electrons. The normalized spacial score (nSPS) is 11.6. The average molecular weight is 189 g/mol. The Labute approximate surface area is 69.8 Å². The Balaban J connectivity index is 3.31. The molecule has 7 N–H and O–H groups in total. The van der Waals surface area contributed by atoms with Crippen molar-refractivity contribution in [1.82, 2.24) is 0 Å². The lowest BCUT2D eigenvalue weighted by molar-refractivity contribution is 0.347. The Kier molecular flexibility index (Phi) is 2.21. The number of nitrogens with two attached hydrogens (primary N) is 2. The van der Waals surface area contributed by atoms with Crippen molar-refractivity contribution in [3.63, 3.8) is 0 Å². The summed E-state index contributed by atoms with van der Waals surface area (Å²) in [6, 6.07) is 4.43. The third-order valence-electron chi connectivity index (χ3n) is 1.40. The number of anilines is 2. The fraction of sp³-hybridized carbons (Fsp3) is 0. The topological polar surface area (TPSA) is 113 Å². The van der Waals surface area contributed by atoms with Crippen molar-refractivity contribution in [2.75, 3.05) is 11.5 Å². The maximum atomic E-state index is 8.91. The lowest BCUT2D eigenvalue weighted by atomic mass is 10.3. The first-order chi connectivity index (χ1) is 5.43. The monoisotopic (exact) mass is 189 g/mol. The molecule has 0 spiro atoms. The van der Waals surface area contributed by atoms with Gasteiger partial charge in [-0.3, -0.25) is 0 Å². The van der Waals surface area contributed by atoms with Gasteiger partial charge in [-0.2, -0.15) is 14.7 Å². The summed E-state index contributed by atoms with van der Waals surface area (Å²) >= 11 is 0. The van der Waals surface area contributed by atoms with E-state index in [1.165, 1.54) is 12.1 Å². The van der Waals surface area contributed by atoms with Gasteiger partial charge in [-0.1, -0.05) is 6.07 Å². The molecule has 12 heavy (non-hydrogen) atoms. The minimum atomic E-state index is -4.09. The van der Waals surface area contributed by atoms with Crippen molar-refractivity contribution in [2.24, 2.45) is 0 Å². The van der Waals surface area contributed by atoms with E-state index < -0.39 is 7.94 Å². The highest BCUT2D eigenvalue weighted by Crippen LogP contribution is 2.46. The second kappa shape index (κ2) is 2.88. The SMILES string of the molecule is Nc1cccc(N)c1[P+](O)(O)O. The zero-order valence-electron chi connectivity index (χ0n) is 6.18. The van der Waals surface area contributed by atoms with Crippen molar-refractivity contribution in [3.8, 4) is 0 Å². The second-order valence-corrected chi connectivity index (χ2v) is 3.94. The van der Waals surface area contributed by atoms with Crippen molar-refractivity contribution >= 4 is 24.6 Å². The van der Waals surface area contributed by atoms with Gasteiger partial charge < -0.3 is 11.5 Å². The van der Waals surface area contributed by atoms with Crippen LogP contribution in [0.4, 0.5) is 11.4 Å². The van der Waals surface area contributed by atoms with Gasteiger partial charge in [0.05, 0.1) is 11.4 Å². The molecule has 0 radical (unpaired) electrons. The van der Waals surface area contributed by atoms with Crippen LogP contribution >= 0.6 is 7.94 Å². The molecule has 0 aliphatic carbocycles. The van der Waals surface area contributed by atoms with E-state index in [0.717, 1.165) is 0 Å². The zero-order valence-corrected chi connectivity index (χ0v) is 7.07. The van der Waals surface area contributed by atoms with Crippen LogP contribution in [0.15, 0.2) is 18.2 Å². The molecule has 0 aliphatic rings. The lowest BCUT2D eigenvalue weighted by Crippen LogP contribution is -2.18. The highest BCUT2D eigenvalue weighted by Gasteiger charge is 2.38. The standard InChI is InChI=1S/C6H10N2O3P/c7-4-2-1-3-5(8)6(4)12(9,10)11/h1-3,9-11H,7-8H2/q+1. The molecule has 0 saturated carbocycles. The van der Waals surface area contributed by atoms with E-state index in [4.69, 9.17) is 26.1 Å². The van der Waals surface area contributed by atoms with E-state index in [1.807, 2.05) is 0 Å². The van der Waals surface area contributed by atoms with Crippen LogP contribution in [0, 0.1) is 0 Å². The van der Waals surface area contributed by atoms with Crippen LogP contribution in [0.25, 0.3) is 0 Å². The minimum absolute atomic E-state index is 0.0795. The highest BCUT2D eigenvalue weighted by atomic mass is 31.2. The Morgan fingerprint density at radius 3 is 1.67 bits per heavy atom. The highest BCUT2D eigenvalue weighted by molar-refractivity contribution is 7.67. The molecule has 1 aromatic rings. The maximum Gasteiger partial charge on any atom is 0.445 e. The second-order valence-electron chi connectivity index (χ2n) is 2.35. The summed E-state index contributed by atoms with van der Waals surface area (Å²) in [5.74, 6) is 0. The van der Waals surface area contributed by atoms with Crippen LogP contribution in [-0.2, 0) is 0 Å². The Bertz CT molecular complexity index is 277. The van der Waals surface area contributed by atoms with Crippen LogP contribution in [0.5, 0.6) is 0 Å². The van der Waals surface area contributed by atoms with Gasteiger partial charge in [0.15, 0.2) is 0 Å². The van der Waals surface area contributed by atoms with Gasteiger partial charge in [-0.05, 0) is 12.1 Å². The predicted octanol–water partition coefficient (Wildman–Crippen LogP) is -0.784. The third-order valence-corrected chi connectivity index (χ3v) is 2.51. The van der Waals surface area contributed by atoms with Gasteiger partial charge in [0, 0.05) is 0 Å². The molecule has 0 unspecified atom stereocenters. The van der Waals surface area contributed by atoms with E-state index >= 15 is 0 Å². The molecular weight excluding hydrogens is 179 g/mol. The minimum Gasteiger partial charge on any atom is -0.395 e. The Hall–Kier alpha value is -0.870. The zero-order chi connectivity index (χ0) is 9.35. The fourth-order valence-corrected chi connectivity index (χ4v) is 1.77. The van der Waals surface area contributed by atoms with Crippen LogP contribution in [0.2, 0.25) is 0 Å². The average Bonchev–Trinajstić information content (AvgIpc) is 1.82. The summed E-state index contributed by atoms with van der Waals surface area (Å²) in [5.41, 5.74) is 10.9. The van der Waals surface area contributed by atoms with E-state index in [2.05, 4.69) is 0 Å². The molecule has 0 aliphatic heterocycles. The summed E-state index contributed by atoms with van der Waals surface area (Å²) in [5, 5.41) is -0.176. The summed E-state index contributed by atoms with van der Waals surface area (Å²) in [4.78, 5) is 26.7. The van der Waals surface area contributed by atoms with E-state index in [0.29, 0.717) is 0 Å². The summed E-state index contributed by atoms with van der Waals surface area (Å²) < 4.78 is 0. The Morgan fingerprint density at radius 2 is 1.42 bits per heavy atom. The van der Waals surface area contributed by atoms with Gasteiger partial charge >= 0.3 is 7.94 Å². The summed E-state index contributed by atoms with van der Waals surface area (Å²) in [7, 11) is -4.09. The molecule has 0 fully saturated rings. The fourth-order valence-electron chi connectivity index (χ4n) is 0.926. The first-order valence-electron chi connectivity index (χ1n) is 3.14. The summed E-state index contributed by atoms with van der Waals surface area (Å²) in [6.07, 6.45) is 0. The van der Waals surface area contributed by atoms with Crippen LogP contribution in [0.3, 0.4) is 0 Å². The number of nitrogen functional groups attached to an aromatic ring is 2. The first-order valence-corrected chi connectivity index (χ1v) is 4.79. The number of hydrogen-bond acceptors (Lipinski definition) is 5. The molecule has 0 heterocycles. The van der Waals surface area contributed by atoms with E-state index in [9.17, 15) is 0 Å². The molecular formula is C6H10N2O3P+. The smallest absolute Gasteiger partial charge is 0.395 e. The predicted molar refractivity (Wildman–Crippen MR) is 48.5 cm³/mol. The van der Waals surface area contributed by atoms with Gasteiger partial charge in [0.1, 0.15) is 0 Å². The van der Waals surface area contributed by atoms with Crippen LogP contribution in [0.1, 0.15) is 0 Å². The van der Waals surface area contributed by atoms with Crippen molar-refractivity contribution in [3.05, 3.63) is 18.2 Å². The Morgan fingerprint density at radius 1 is 1.00 bits per heavy atom. The maximum absolute atomic E-state index is 8.91. The molecule has 0 aromatic heterocycles. The molecule has 1 rings (SSSR count). The molecule has 0 atom stereocenters. The molecule has 0 saturated heterocycles. The molecule has 0 amide bonds. The van der Waals surface area contributed by atoms with Crippen molar-refractivity contribution < 1.29 is 14.7 Å². The molecule has 1 aromatic carbocycles. The number of hydrogen-bond donors (Lipinski definition) is 5. The van der Waals surface area contributed by atoms with E-state index in [1.54, 1.807) is 6.07 Å². The van der Waals surface area contributed by atoms with Crippen molar-refractivity contribution in [2.45, 2.75) is 0 Å². The molecule has 0 bridgehead atoms. The first kappa shape index (κ1) is 9.22. The third kappa shape index (κ3) is 1.65. The lowest BCUT2D eigenvalue weighted by Gasteiger charge is -2.07.